The number of nitrogens with one attached hydrogen (secondary N) is 3. The Bertz CT molecular complexity index is 349. The molecule has 1 heterocycles. The molecular weight excluding hydrogens is 274 g/mol. The van der Waals surface area contributed by atoms with Crippen molar-refractivity contribution >= 4 is 12.2 Å². The molecule has 0 aromatic carbocycles. The number of carbonyl (C=O) groups excluding carboxylic acids is 2. The van der Waals surface area contributed by atoms with Crippen LogP contribution < -0.4 is 16.0 Å². The molecule has 21 heavy (non-hydrogen) atoms. The molecule has 122 valence electrons. The highest BCUT2D eigenvalue weighted by Gasteiger charge is 2.32. The maximum absolute atomic E-state index is 11.8. The van der Waals surface area contributed by atoms with Crippen molar-refractivity contribution in [1.82, 2.24) is 16.0 Å². The highest BCUT2D eigenvalue weighted by Crippen LogP contribution is 2.10. The molecular formula is C14H27N3O4. The summed E-state index contributed by atoms with van der Waals surface area (Å²) >= 11 is 0. The highest BCUT2D eigenvalue weighted by atomic mass is 16.6. The van der Waals surface area contributed by atoms with Crippen LogP contribution in [0.3, 0.4) is 0 Å². The van der Waals surface area contributed by atoms with Crippen molar-refractivity contribution in [2.24, 2.45) is 0 Å². The molecule has 7 nitrogen and oxygen atoms in total. The van der Waals surface area contributed by atoms with Crippen LogP contribution in [-0.4, -0.2) is 48.6 Å². The van der Waals surface area contributed by atoms with Crippen LogP contribution in [0, 0.1) is 0 Å². The second kappa shape index (κ2) is 6.51. The van der Waals surface area contributed by atoms with E-state index in [1.54, 1.807) is 41.5 Å². The van der Waals surface area contributed by atoms with Gasteiger partial charge < -0.3 is 25.4 Å². The first-order chi connectivity index (χ1) is 9.46. The lowest BCUT2D eigenvalue weighted by atomic mass is 10.1. The lowest BCUT2D eigenvalue weighted by molar-refractivity contribution is 0.0447. The molecule has 0 aromatic rings. The Labute approximate surface area is 126 Å². The SMILES string of the molecule is CC(C)(C)OC(=O)N[C@@H]1CNC[C@H]1NC(=O)OC(C)(C)C. The van der Waals surface area contributed by atoms with Gasteiger partial charge in [-0.05, 0) is 41.5 Å². The normalized spacial score (nSPS) is 22.6. The van der Waals surface area contributed by atoms with Gasteiger partial charge in [0.1, 0.15) is 11.2 Å². The van der Waals surface area contributed by atoms with E-state index in [2.05, 4.69) is 16.0 Å². The molecule has 0 aromatic heterocycles. The molecule has 0 saturated carbocycles. The summed E-state index contributed by atoms with van der Waals surface area (Å²) in [6.07, 6.45) is -0.987. The fourth-order valence-electron chi connectivity index (χ4n) is 1.90. The Balaban J connectivity index is 2.48. The maximum Gasteiger partial charge on any atom is 0.407 e. The monoisotopic (exact) mass is 301 g/mol. The van der Waals surface area contributed by atoms with E-state index >= 15 is 0 Å². The largest absolute Gasteiger partial charge is 0.444 e. The van der Waals surface area contributed by atoms with Gasteiger partial charge in [0.2, 0.25) is 0 Å². The van der Waals surface area contributed by atoms with E-state index in [0.717, 1.165) is 0 Å². The Hall–Kier alpha value is -1.50. The number of ether oxygens (including phenoxy) is 2. The van der Waals surface area contributed by atoms with Crippen molar-refractivity contribution in [2.45, 2.75) is 64.8 Å². The van der Waals surface area contributed by atoms with Crippen molar-refractivity contribution in [3.8, 4) is 0 Å². The zero-order valence-corrected chi connectivity index (χ0v) is 13.7. The van der Waals surface area contributed by atoms with E-state index in [1.807, 2.05) is 0 Å². The van der Waals surface area contributed by atoms with Gasteiger partial charge in [0, 0.05) is 13.1 Å². The molecule has 1 rings (SSSR count). The maximum atomic E-state index is 11.8. The van der Waals surface area contributed by atoms with E-state index in [4.69, 9.17) is 9.47 Å². The Kier molecular flexibility index (Phi) is 5.44. The molecule has 1 aliphatic rings. The second-order valence-electron chi connectivity index (χ2n) is 7.16. The molecule has 3 N–H and O–H groups in total. The highest BCUT2D eigenvalue weighted by molar-refractivity contribution is 5.70. The molecule has 2 atom stereocenters. The van der Waals surface area contributed by atoms with Gasteiger partial charge >= 0.3 is 12.2 Å². The fraction of sp³-hybridized carbons (Fsp3) is 0.857. The molecule has 2 amide bonds. The first-order valence-corrected chi connectivity index (χ1v) is 7.16. The van der Waals surface area contributed by atoms with Crippen LogP contribution in [0.2, 0.25) is 0 Å². The van der Waals surface area contributed by atoms with Gasteiger partial charge in [-0.1, -0.05) is 0 Å². The molecule has 0 aliphatic carbocycles. The minimum Gasteiger partial charge on any atom is -0.444 e. The summed E-state index contributed by atoms with van der Waals surface area (Å²) in [7, 11) is 0. The van der Waals surface area contributed by atoms with E-state index < -0.39 is 23.4 Å². The molecule has 1 saturated heterocycles. The predicted molar refractivity (Wildman–Crippen MR) is 79.2 cm³/mol. The van der Waals surface area contributed by atoms with Crippen LogP contribution in [0.5, 0.6) is 0 Å². The van der Waals surface area contributed by atoms with Crippen molar-refractivity contribution in [3.63, 3.8) is 0 Å². The lowest BCUT2D eigenvalue weighted by Gasteiger charge is -2.26. The number of amides is 2. The third kappa shape index (κ3) is 7.17. The van der Waals surface area contributed by atoms with Gasteiger partial charge in [0.25, 0.3) is 0 Å². The second-order valence-corrected chi connectivity index (χ2v) is 7.16. The number of rotatable bonds is 2. The van der Waals surface area contributed by atoms with E-state index in [0.29, 0.717) is 13.1 Å². The van der Waals surface area contributed by atoms with E-state index in [9.17, 15) is 9.59 Å². The van der Waals surface area contributed by atoms with Crippen LogP contribution in [0.25, 0.3) is 0 Å². The molecule has 1 aliphatic heterocycles. The summed E-state index contributed by atoms with van der Waals surface area (Å²) in [6.45, 7) is 11.9. The van der Waals surface area contributed by atoms with Crippen LogP contribution in [0.1, 0.15) is 41.5 Å². The zero-order valence-electron chi connectivity index (χ0n) is 13.7. The smallest absolute Gasteiger partial charge is 0.407 e. The predicted octanol–water partition coefficient (Wildman–Crippen LogP) is 1.38. The summed E-state index contributed by atoms with van der Waals surface area (Å²) < 4.78 is 10.4. The molecule has 0 unspecified atom stereocenters. The average molecular weight is 301 g/mol. The van der Waals surface area contributed by atoms with Gasteiger partial charge in [-0.25, -0.2) is 9.59 Å². The van der Waals surface area contributed by atoms with Gasteiger partial charge in [0.15, 0.2) is 0 Å². The third-order valence-electron chi connectivity index (χ3n) is 2.62. The Morgan fingerprint density at radius 3 is 1.48 bits per heavy atom. The average Bonchev–Trinajstić information content (AvgIpc) is 2.59. The summed E-state index contributed by atoms with van der Waals surface area (Å²) in [5.74, 6) is 0. The van der Waals surface area contributed by atoms with Crippen molar-refractivity contribution in [1.29, 1.82) is 0 Å². The van der Waals surface area contributed by atoms with E-state index in [1.165, 1.54) is 0 Å². The summed E-state index contributed by atoms with van der Waals surface area (Å²) in [6, 6.07) is -0.459. The summed E-state index contributed by atoms with van der Waals surface area (Å²) in [4.78, 5) is 23.5. The molecule has 7 heteroatoms. The lowest BCUT2D eigenvalue weighted by Crippen LogP contribution is -2.52. The van der Waals surface area contributed by atoms with Crippen molar-refractivity contribution < 1.29 is 19.1 Å². The number of carbonyl (C=O) groups is 2. The van der Waals surface area contributed by atoms with Crippen LogP contribution in [0.4, 0.5) is 9.59 Å². The minimum atomic E-state index is -0.551. The van der Waals surface area contributed by atoms with Gasteiger partial charge in [-0.15, -0.1) is 0 Å². The topological polar surface area (TPSA) is 88.7 Å². The first-order valence-electron chi connectivity index (χ1n) is 7.16. The molecule has 0 radical (unpaired) electrons. The van der Waals surface area contributed by atoms with Crippen molar-refractivity contribution in [3.05, 3.63) is 0 Å². The number of alkyl carbamates (subject to hydrolysis) is 2. The van der Waals surface area contributed by atoms with Gasteiger partial charge in [-0.2, -0.15) is 0 Å². The summed E-state index contributed by atoms with van der Waals surface area (Å²) in [5.41, 5.74) is -1.10. The standard InChI is InChI=1S/C14H27N3O4/c1-13(2,3)20-11(18)16-9-7-15-8-10(9)17-12(19)21-14(4,5)6/h9-10,15H,7-8H2,1-6H3,(H,16,18)(H,17,19)/t9-,10-/m1/s1. The van der Waals surface area contributed by atoms with Crippen molar-refractivity contribution in [2.75, 3.05) is 13.1 Å². The summed E-state index contributed by atoms with van der Waals surface area (Å²) in [5, 5.41) is 8.64. The third-order valence-corrected chi connectivity index (χ3v) is 2.62. The molecule has 1 fully saturated rings. The Morgan fingerprint density at radius 2 is 1.19 bits per heavy atom. The first kappa shape index (κ1) is 17.6. The fourth-order valence-corrected chi connectivity index (χ4v) is 1.90. The quantitative estimate of drug-likeness (QED) is 0.717. The Morgan fingerprint density at radius 1 is 0.857 bits per heavy atom. The molecule has 0 bridgehead atoms. The van der Waals surface area contributed by atoms with Crippen LogP contribution in [0.15, 0.2) is 0 Å². The number of hydrogen-bond donors (Lipinski definition) is 3. The van der Waals surface area contributed by atoms with Gasteiger partial charge in [-0.3, -0.25) is 0 Å². The minimum absolute atomic E-state index is 0.229. The van der Waals surface area contributed by atoms with E-state index in [-0.39, 0.29) is 12.1 Å². The molecule has 0 spiro atoms. The zero-order chi connectivity index (χ0) is 16.3. The van der Waals surface area contributed by atoms with Crippen LogP contribution >= 0.6 is 0 Å². The van der Waals surface area contributed by atoms with Gasteiger partial charge in [0.05, 0.1) is 12.1 Å². The van der Waals surface area contributed by atoms with Crippen LogP contribution in [-0.2, 0) is 9.47 Å². The number of hydrogen-bond acceptors (Lipinski definition) is 5.